The third-order valence-electron chi connectivity index (χ3n) is 6.63. The summed E-state index contributed by atoms with van der Waals surface area (Å²) in [6.07, 6.45) is 0.144. The first-order valence-corrected chi connectivity index (χ1v) is 13.4. The fourth-order valence-corrected chi connectivity index (χ4v) is 4.50. The van der Waals surface area contributed by atoms with E-state index < -0.39 is 22.6 Å². The van der Waals surface area contributed by atoms with E-state index in [1.165, 1.54) is 43.1 Å². The Morgan fingerprint density at radius 1 is 1.14 bits per heavy atom. The van der Waals surface area contributed by atoms with E-state index in [1.54, 1.807) is 24.3 Å². The predicted octanol–water partition coefficient (Wildman–Crippen LogP) is 5.62. The zero-order valence-electron chi connectivity index (χ0n) is 24.3. The average Bonchev–Trinajstić information content (AvgIpc) is 2.96. The number of aryl methyl sites for hydroxylation is 1. The average molecular weight is 573 g/mol. The van der Waals surface area contributed by atoms with Crippen LogP contribution in [0.15, 0.2) is 64.5 Å². The number of benzene rings is 3. The van der Waals surface area contributed by atoms with Gasteiger partial charge in [0, 0.05) is 17.2 Å². The van der Waals surface area contributed by atoms with Crippen molar-refractivity contribution in [3.05, 3.63) is 91.8 Å². The second-order valence-corrected chi connectivity index (χ2v) is 9.84. The Labute approximate surface area is 242 Å². The maximum atomic E-state index is 13.8. The van der Waals surface area contributed by atoms with Gasteiger partial charge in [-0.05, 0) is 68.1 Å². The van der Waals surface area contributed by atoms with E-state index in [9.17, 15) is 19.7 Å². The lowest BCUT2D eigenvalue weighted by Crippen LogP contribution is -2.26. The molecular formula is C31H32N4O7. The topological polar surface area (TPSA) is 135 Å². The molecule has 0 fully saturated rings. The summed E-state index contributed by atoms with van der Waals surface area (Å²) in [6.45, 7) is 9.84. The molecule has 218 valence electrons. The van der Waals surface area contributed by atoms with E-state index in [4.69, 9.17) is 19.2 Å². The van der Waals surface area contributed by atoms with Crippen molar-refractivity contribution in [2.45, 2.75) is 46.6 Å². The van der Waals surface area contributed by atoms with Gasteiger partial charge in [0.25, 0.3) is 5.56 Å². The molecule has 1 atom stereocenters. The van der Waals surface area contributed by atoms with E-state index in [-0.39, 0.29) is 28.7 Å². The molecule has 0 amide bonds. The van der Waals surface area contributed by atoms with Crippen LogP contribution in [0.25, 0.3) is 22.3 Å². The smallest absolute Gasteiger partial charge is 0.346 e. The number of esters is 1. The number of carbonyl (C=O) groups is 1. The Morgan fingerprint density at radius 2 is 1.88 bits per heavy atom. The maximum Gasteiger partial charge on any atom is 0.346 e. The van der Waals surface area contributed by atoms with E-state index in [0.717, 1.165) is 16.9 Å². The van der Waals surface area contributed by atoms with Crippen molar-refractivity contribution in [3.8, 4) is 22.9 Å². The van der Waals surface area contributed by atoms with Crippen LogP contribution < -0.4 is 15.0 Å². The van der Waals surface area contributed by atoms with E-state index in [0.29, 0.717) is 23.1 Å². The Hall–Kier alpha value is -5.06. The summed E-state index contributed by atoms with van der Waals surface area (Å²) in [4.78, 5) is 41.8. The Morgan fingerprint density at radius 3 is 2.55 bits per heavy atom. The van der Waals surface area contributed by atoms with Crippen LogP contribution in [0.2, 0.25) is 0 Å². The standard InChI is InChI=1S/C31H32N4O7/c1-7-41-27-15-19(4)24(16-23(27)18(2)3)29-33-25-13-9-8-12-22(25)30(36)34(29)32-17-21-11-10-14-26(35(38)39)28(21)42-20(5)31(37)40-6/h8-18,20H,7H2,1-6H3/t20-/m1/s1. The molecule has 11 heteroatoms. The fourth-order valence-electron chi connectivity index (χ4n) is 4.50. The van der Waals surface area contributed by atoms with Gasteiger partial charge in [0.15, 0.2) is 11.9 Å². The number of methoxy groups -OCH3 is 1. The van der Waals surface area contributed by atoms with Gasteiger partial charge in [0.2, 0.25) is 5.75 Å². The highest BCUT2D eigenvalue weighted by Crippen LogP contribution is 2.35. The molecule has 1 aromatic heterocycles. The van der Waals surface area contributed by atoms with Crippen molar-refractivity contribution in [3.63, 3.8) is 0 Å². The van der Waals surface area contributed by atoms with Crippen LogP contribution in [0.5, 0.6) is 11.5 Å². The molecular weight excluding hydrogens is 540 g/mol. The van der Waals surface area contributed by atoms with Gasteiger partial charge in [-0.3, -0.25) is 14.9 Å². The largest absolute Gasteiger partial charge is 0.494 e. The van der Waals surface area contributed by atoms with Crippen LogP contribution in [0.3, 0.4) is 0 Å². The predicted molar refractivity (Wildman–Crippen MR) is 160 cm³/mol. The molecule has 0 aliphatic rings. The normalized spacial score (nSPS) is 12.1. The number of ether oxygens (including phenoxy) is 3. The summed E-state index contributed by atoms with van der Waals surface area (Å²) >= 11 is 0. The number of carbonyl (C=O) groups excluding carboxylic acids is 1. The summed E-state index contributed by atoms with van der Waals surface area (Å²) in [5, 5.41) is 16.6. The van der Waals surface area contributed by atoms with Gasteiger partial charge in [-0.15, -0.1) is 0 Å². The van der Waals surface area contributed by atoms with Crippen LogP contribution in [0, 0.1) is 17.0 Å². The number of nitro groups is 1. The molecule has 0 spiro atoms. The van der Waals surface area contributed by atoms with Crippen LogP contribution in [-0.2, 0) is 9.53 Å². The van der Waals surface area contributed by atoms with Gasteiger partial charge in [0.05, 0.1) is 35.8 Å². The third-order valence-corrected chi connectivity index (χ3v) is 6.63. The van der Waals surface area contributed by atoms with Crippen molar-refractivity contribution in [1.82, 2.24) is 9.66 Å². The van der Waals surface area contributed by atoms with Crippen LogP contribution in [-0.4, -0.2) is 46.6 Å². The molecule has 0 saturated carbocycles. The number of hydrogen-bond donors (Lipinski definition) is 0. The van der Waals surface area contributed by atoms with Gasteiger partial charge in [-0.1, -0.05) is 32.0 Å². The molecule has 1 heterocycles. The first kappa shape index (κ1) is 29.9. The van der Waals surface area contributed by atoms with Gasteiger partial charge in [0.1, 0.15) is 5.75 Å². The minimum atomic E-state index is -1.13. The number of nitrogens with zero attached hydrogens (tertiary/aromatic N) is 4. The van der Waals surface area contributed by atoms with E-state index in [2.05, 4.69) is 18.9 Å². The number of para-hydroxylation sites is 2. The molecule has 0 radical (unpaired) electrons. The molecule has 4 aromatic rings. The number of rotatable bonds is 10. The first-order valence-electron chi connectivity index (χ1n) is 13.4. The van der Waals surface area contributed by atoms with Gasteiger partial charge < -0.3 is 14.2 Å². The van der Waals surface area contributed by atoms with Gasteiger partial charge >= 0.3 is 11.7 Å². The third kappa shape index (κ3) is 5.99. The lowest BCUT2D eigenvalue weighted by Gasteiger charge is -2.18. The van der Waals surface area contributed by atoms with Gasteiger partial charge in [-0.2, -0.15) is 9.78 Å². The number of fused-ring (bicyclic) bond motifs is 1. The lowest BCUT2D eigenvalue weighted by atomic mass is 9.96. The highest BCUT2D eigenvalue weighted by atomic mass is 16.6. The minimum absolute atomic E-state index is 0.122. The summed E-state index contributed by atoms with van der Waals surface area (Å²) in [5.41, 5.74) is 2.32. The molecule has 11 nitrogen and oxygen atoms in total. The van der Waals surface area contributed by atoms with Crippen LogP contribution in [0.4, 0.5) is 5.69 Å². The van der Waals surface area contributed by atoms with Crippen molar-refractivity contribution < 1.29 is 23.9 Å². The van der Waals surface area contributed by atoms with E-state index >= 15 is 0 Å². The van der Waals surface area contributed by atoms with E-state index in [1.807, 2.05) is 26.0 Å². The monoisotopic (exact) mass is 572 g/mol. The number of nitro benzene ring substituents is 1. The second kappa shape index (κ2) is 12.6. The molecule has 0 unspecified atom stereocenters. The number of hydrogen-bond acceptors (Lipinski definition) is 9. The first-order chi connectivity index (χ1) is 20.1. The number of aromatic nitrogens is 2. The van der Waals surface area contributed by atoms with Crippen molar-refractivity contribution in [2.24, 2.45) is 5.10 Å². The Kier molecular flexibility index (Phi) is 8.99. The molecule has 42 heavy (non-hydrogen) atoms. The Bertz CT molecular complexity index is 1740. The summed E-state index contributed by atoms with van der Waals surface area (Å²) in [6, 6.07) is 15.1. The van der Waals surface area contributed by atoms with Crippen molar-refractivity contribution in [2.75, 3.05) is 13.7 Å². The zero-order valence-corrected chi connectivity index (χ0v) is 24.3. The minimum Gasteiger partial charge on any atom is -0.494 e. The molecule has 0 bridgehead atoms. The maximum absolute atomic E-state index is 13.8. The molecule has 0 saturated heterocycles. The molecule has 0 N–H and O–H groups in total. The molecule has 4 rings (SSSR count). The van der Waals surface area contributed by atoms with Crippen molar-refractivity contribution >= 4 is 28.8 Å². The fraction of sp³-hybridized carbons (Fsp3) is 0.290. The highest BCUT2D eigenvalue weighted by Gasteiger charge is 2.25. The zero-order chi connectivity index (χ0) is 30.6. The van der Waals surface area contributed by atoms with Crippen LogP contribution in [0.1, 0.15) is 50.3 Å². The summed E-state index contributed by atoms with van der Waals surface area (Å²) in [7, 11) is 1.19. The van der Waals surface area contributed by atoms with Gasteiger partial charge in [-0.25, -0.2) is 9.78 Å². The highest BCUT2D eigenvalue weighted by molar-refractivity contribution is 5.87. The molecule has 3 aromatic carbocycles. The molecule has 0 aliphatic heterocycles. The summed E-state index contributed by atoms with van der Waals surface area (Å²) < 4.78 is 17.4. The quantitative estimate of drug-likeness (QED) is 0.103. The SMILES string of the molecule is CCOc1cc(C)c(-c2nc3ccccc3c(=O)n2N=Cc2cccc([N+](=O)[O-])c2O[C@H](C)C(=O)OC)cc1C(C)C. The van der Waals surface area contributed by atoms with Crippen molar-refractivity contribution in [1.29, 1.82) is 0 Å². The lowest BCUT2D eigenvalue weighted by molar-refractivity contribution is -0.386. The Balaban J connectivity index is 1.96. The molecule has 0 aliphatic carbocycles. The van der Waals surface area contributed by atoms with Crippen LogP contribution >= 0.6 is 0 Å². The second-order valence-electron chi connectivity index (χ2n) is 9.84. The summed E-state index contributed by atoms with van der Waals surface area (Å²) in [5.74, 6) is 0.265.